The van der Waals surface area contributed by atoms with Crippen LogP contribution >= 0.6 is 0 Å². The summed E-state index contributed by atoms with van der Waals surface area (Å²) in [5.41, 5.74) is 0. The van der Waals surface area contributed by atoms with Gasteiger partial charge in [0.25, 0.3) is 0 Å². The minimum atomic E-state index is 0.514. The Bertz CT molecular complexity index is 175. The van der Waals surface area contributed by atoms with Gasteiger partial charge in [0.15, 0.2) is 0 Å². The van der Waals surface area contributed by atoms with Crippen LogP contribution in [0.15, 0.2) is 0 Å². The average molecular weight is 229 g/mol. The maximum Gasteiger partial charge on any atom is 0.0701 e. The number of hydrogen-bond acceptors (Lipinski definition) is 3. The van der Waals surface area contributed by atoms with E-state index in [2.05, 4.69) is 12.2 Å². The van der Waals surface area contributed by atoms with E-state index in [0.717, 1.165) is 18.4 Å². The number of ether oxygens (including phenoxy) is 2. The molecule has 0 aromatic rings. The van der Waals surface area contributed by atoms with Crippen molar-refractivity contribution in [2.24, 2.45) is 11.8 Å². The van der Waals surface area contributed by atoms with Gasteiger partial charge in [0, 0.05) is 13.2 Å². The SMILES string of the molecule is CNC(COCCOC)C1CCCC(C)C1. The molecule has 0 heterocycles. The Hall–Kier alpha value is -0.120. The van der Waals surface area contributed by atoms with Gasteiger partial charge in [-0.2, -0.15) is 0 Å². The Labute approximate surface area is 99.9 Å². The highest BCUT2D eigenvalue weighted by Gasteiger charge is 2.25. The van der Waals surface area contributed by atoms with E-state index < -0.39 is 0 Å². The van der Waals surface area contributed by atoms with Crippen LogP contribution < -0.4 is 5.32 Å². The van der Waals surface area contributed by atoms with Gasteiger partial charge in [-0.3, -0.25) is 0 Å². The molecule has 0 radical (unpaired) electrons. The molecule has 16 heavy (non-hydrogen) atoms. The van der Waals surface area contributed by atoms with Crippen molar-refractivity contribution in [2.75, 3.05) is 34.0 Å². The zero-order valence-electron chi connectivity index (χ0n) is 11.0. The van der Waals surface area contributed by atoms with Crippen molar-refractivity contribution in [3.05, 3.63) is 0 Å². The minimum Gasteiger partial charge on any atom is -0.382 e. The molecule has 1 aliphatic carbocycles. The fourth-order valence-electron chi connectivity index (χ4n) is 2.65. The standard InChI is InChI=1S/C13H27NO2/c1-11-5-4-6-12(9-11)13(14-2)10-16-8-7-15-3/h11-14H,4-10H2,1-3H3. The molecule has 0 bridgehead atoms. The molecule has 0 aromatic heterocycles. The van der Waals surface area contributed by atoms with Crippen LogP contribution in [0.1, 0.15) is 32.6 Å². The third kappa shape index (κ3) is 4.81. The molecule has 0 spiro atoms. The summed E-state index contributed by atoms with van der Waals surface area (Å²) >= 11 is 0. The van der Waals surface area contributed by atoms with E-state index in [1.165, 1.54) is 25.7 Å². The molecule has 0 saturated heterocycles. The molecule has 3 nitrogen and oxygen atoms in total. The van der Waals surface area contributed by atoms with Crippen molar-refractivity contribution in [1.29, 1.82) is 0 Å². The van der Waals surface area contributed by atoms with Crippen molar-refractivity contribution in [2.45, 2.75) is 38.6 Å². The lowest BCUT2D eigenvalue weighted by molar-refractivity contribution is 0.0439. The van der Waals surface area contributed by atoms with Gasteiger partial charge < -0.3 is 14.8 Å². The molecule has 0 aromatic carbocycles. The number of likely N-dealkylation sites (N-methyl/N-ethyl adjacent to an activating group) is 1. The Morgan fingerprint density at radius 2 is 2.12 bits per heavy atom. The molecule has 3 heteroatoms. The summed E-state index contributed by atoms with van der Waals surface area (Å²) < 4.78 is 10.6. The Balaban J connectivity index is 2.23. The van der Waals surface area contributed by atoms with Gasteiger partial charge in [-0.05, 0) is 31.7 Å². The molecule has 0 aliphatic heterocycles. The van der Waals surface area contributed by atoms with Crippen molar-refractivity contribution >= 4 is 0 Å². The zero-order valence-corrected chi connectivity index (χ0v) is 11.0. The van der Waals surface area contributed by atoms with Crippen LogP contribution in [0.2, 0.25) is 0 Å². The molecule has 1 N–H and O–H groups in total. The second kappa shape index (κ2) is 8.04. The maximum atomic E-state index is 5.63. The highest BCUT2D eigenvalue weighted by molar-refractivity contribution is 4.80. The van der Waals surface area contributed by atoms with Gasteiger partial charge in [0.2, 0.25) is 0 Å². The number of methoxy groups -OCH3 is 1. The van der Waals surface area contributed by atoms with E-state index in [4.69, 9.17) is 9.47 Å². The molecule has 1 rings (SSSR count). The van der Waals surface area contributed by atoms with E-state index >= 15 is 0 Å². The highest BCUT2D eigenvalue weighted by Crippen LogP contribution is 2.30. The highest BCUT2D eigenvalue weighted by atomic mass is 16.5. The van der Waals surface area contributed by atoms with Crippen LogP contribution in [-0.4, -0.2) is 40.0 Å². The molecule has 1 aliphatic rings. The summed E-state index contributed by atoms with van der Waals surface area (Å²) in [7, 11) is 3.76. The summed E-state index contributed by atoms with van der Waals surface area (Å²) in [6, 6.07) is 0.514. The van der Waals surface area contributed by atoms with Gasteiger partial charge >= 0.3 is 0 Å². The van der Waals surface area contributed by atoms with E-state index in [-0.39, 0.29) is 0 Å². The second-order valence-corrected chi connectivity index (χ2v) is 4.99. The zero-order chi connectivity index (χ0) is 11.8. The topological polar surface area (TPSA) is 30.5 Å². The fourth-order valence-corrected chi connectivity index (χ4v) is 2.65. The van der Waals surface area contributed by atoms with Gasteiger partial charge in [0.1, 0.15) is 0 Å². The predicted molar refractivity (Wildman–Crippen MR) is 66.7 cm³/mol. The Kier molecular flexibility index (Phi) is 7.01. The molecule has 1 saturated carbocycles. The van der Waals surface area contributed by atoms with Gasteiger partial charge in [0.05, 0.1) is 19.8 Å². The van der Waals surface area contributed by atoms with E-state index in [1.807, 2.05) is 7.05 Å². The molecular formula is C13H27NO2. The van der Waals surface area contributed by atoms with Crippen molar-refractivity contribution in [1.82, 2.24) is 5.32 Å². The largest absolute Gasteiger partial charge is 0.382 e. The maximum absolute atomic E-state index is 5.63. The summed E-state index contributed by atoms with van der Waals surface area (Å²) in [5, 5.41) is 3.40. The fraction of sp³-hybridized carbons (Fsp3) is 1.00. The average Bonchev–Trinajstić information content (AvgIpc) is 2.29. The van der Waals surface area contributed by atoms with Crippen molar-refractivity contribution in [3.8, 4) is 0 Å². The number of nitrogens with one attached hydrogen (secondary N) is 1. The van der Waals surface area contributed by atoms with Crippen LogP contribution in [0.3, 0.4) is 0 Å². The first-order chi connectivity index (χ1) is 7.77. The lowest BCUT2D eigenvalue weighted by Crippen LogP contribution is -2.40. The normalized spacial score (nSPS) is 27.9. The van der Waals surface area contributed by atoms with Crippen LogP contribution in [0.25, 0.3) is 0 Å². The summed E-state index contributed by atoms with van der Waals surface area (Å²) in [6.07, 6.45) is 5.47. The first kappa shape index (κ1) is 13.9. The molecular weight excluding hydrogens is 202 g/mol. The third-order valence-corrected chi connectivity index (χ3v) is 3.65. The second-order valence-electron chi connectivity index (χ2n) is 4.99. The quantitative estimate of drug-likeness (QED) is 0.678. The minimum absolute atomic E-state index is 0.514. The van der Waals surface area contributed by atoms with Gasteiger partial charge in [-0.1, -0.05) is 19.8 Å². The van der Waals surface area contributed by atoms with E-state index in [1.54, 1.807) is 7.11 Å². The Morgan fingerprint density at radius 3 is 2.75 bits per heavy atom. The van der Waals surface area contributed by atoms with Gasteiger partial charge in [-0.15, -0.1) is 0 Å². The van der Waals surface area contributed by atoms with E-state index in [9.17, 15) is 0 Å². The molecule has 0 amide bonds. The number of rotatable bonds is 7. The van der Waals surface area contributed by atoms with Gasteiger partial charge in [-0.25, -0.2) is 0 Å². The first-order valence-electron chi connectivity index (χ1n) is 6.51. The van der Waals surface area contributed by atoms with Crippen molar-refractivity contribution in [3.63, 3.8) is 0 Å². The molecule has 1 fully saturated rings. The predicted octanol–water partition coefficient (Wildman–Crippen LogP) is 2.06. The van der Waals surface area contributed by atoms with Crippen LogP contribution in [0.5, 0.6) is 0 Å². The lowest BCUT2D eigenvalue weighted by Gasteiger charge is -2.33. The summed E-state index contributed by atoms with van der Waals surface area (Å²) in [5.74, 6) is 1.67. The Morgan fingerprint density at radius 1 is 1.31 bits per heavy atom. The van der Waals surface area contributed by atoms with Crippen LogP contribution in [-0.2, 0) is 9.47 Å². The molecule has 3 unspecified atom stereocenters. The van der Waals surface area contributed by atoms with E-state index in [0.29, 0.717) is 19.3 Å². The summed E-state index contributed by atoms with van der Waals surface area (Å²) in [4.78, 5) is 0. The lowest BCUT2D eigenvalue weighted by atomic mass is 9.79. The third-order valence-electron chi connectivity index (χ3n) is 3.65. The van der Waals surface area contributed by atoms with Crippen molar-refractivity contribution < 1.29 is 9.47 Å². The van der Waals surface area contributed by atoms with Crippen LogP contribution in [0.4, 0.5) is 0 Å². The smallest absolute Gasteiger partial charge is 0.0701 e. The molecule has 96 valence electrons. The summed E-state index contributed by atoms with van der Waals surface area (Å²) in [6.45, 7) is 4.58. The monoisotopic (exact) mass is 229 g/mol. The number of hydrogen-bond donors (Lipinski definition) is 1. The first-order valence-corrected chi connectivity index (χ1v) is 6.51. The molecule has 3 atom stereocenters. The van der Waals surface area contributed by atoms with Crippen LogP contribution in [0, 0.1) is 11.8 Å².